The summed E-state index contributed by atoms with van der Waals surface area (Å²) in [6.07, 6.45) is 2.09. The molecule has 1 fully saturated rings. The van der Waals surface area contributed by atoms with Gasteiger partial charge >= 0.3 is 6.03 Å². The highest BCUT2D eigenvalue weighted by atomic mass is 16.5. The van der Waals surface area contributed by atoms with E-state index in [0.29, 0.717) is 32.1 Å². The van der Waals surface area contributed by atoms with Gasteiger partial charge in [0.05, 0.1) is 7.11 Å². The zero-order valence-electron chi connectivity index (χ0n) is 15.5. The second kappa shape index (κ2) is 9.30. The van der Waals surface area contributed by atoms with Crippen LogP contribution in [0.4, 0.5) is 4.79 Å². The van der Waals surface area contributed by atoms with Crippen LogP contribution in [-0.2, 0) is 11.3 Å². The number of methoxy groups -OCH3 is 1. The van der Waals surface area contributed by atoms with Crippen LogP contribution in [0.3, 0.4) is 0 Å². The number of amides is 3. The molecule has 2 rings (SSSR count). The lowest BCUT2D eigenvalue weighted by atomic mass is 10.0. The summed E-state index contributed by atoms with van der Waals surface area (Å²) < 4.78 is 5.14. The molecule has 1 aromatic carbocycles. The van der Waals surface area contributed by atoms with Gasteiger partial charge in [0.25, 0.3) is 0 Å². The molecule has 0 unspecified atom stereocenters. The Labute approximate surface area is 150 Å². The summed E-state index contributed by atoms with van der Waals surface area (Å²) in [5, 5.41) is 2.95. The van der Waals surface area contributed by atoms with Crippen molar-refractivity contribution in [1.82, 2.24) is 15.1 Å². The molecule has 0 saturated carbocycles. The monoisotopic (exact) mass is 347 g/mol. The molecule has 1 aliphatic heterocycles. The highest BCUT2D eigenvalue weighted by Crippen LogP contribution is 2.15. The van der Waals surface area contributed by atoms with E-state index in [-0.39, 0.29) is 18.5 Å². The van der Waals surface area contributed by atoms with Crippen LogP contribution in [0, 0.1) is 5.92 Å². The number of rotatable bonds is 7. The Hall–Kier alpha value is -2.24. The third-order valence-corrected chi connectivity index (χ3v) is 4.84. The maximum absolute atomic E-state index is 12.4. The average molecular weight is 347 g/mol. The van der Waals surface area contributed by atoms with Gasteiger partial charge in [-0.1, -0.05) is 38.8 Å². The van der Waals surface area contributed by atoms with E-state index in [2.05, 4.69) is 19.2 Å². The van der Waals surface area contributed by atoms with Gasteiger partial charge in [0, 0.05) is 26.2 Å². The maximum Gasteiger partial charge on any atom is 0.317 e. The van der Waals surface area contributed by atoms with Crippen molar-refractivity contribution >= 4 is 11.9 Å². The molecular weight excluding hydrogens is 318 g/mol. The first-order valence-electron chi connectivity index (χ1n) is 9.00. The fourth-order valence-corrected chi connectivity index (χ4v) is 2.92. The summed E-state index contributed by atoms with van der Waals surface area (Å²) in [6, 6.07) is 7.56. The number of nitrogens with one attached hydrogen (secondary N) is 1. The summed E-state index contributed by atoms with van der Waals surface area (Å²) in [4.78, 5) is 28.0. The zero-order valence-corrected chi connectivity index (χ0v) is 15.5. The Kier molecular flexibility index (Phi) is 7.10. The highest BCUT2D eigenvalue weighted by Gasteiger charge is 2.27. The van der Waals surface area contributed by atoms with Crippen molar-refractivity contribution in [2.45, 2.75) is 33.2 Å². The van der Waals surface area contributed by atoms with Crippen molar-refractivity contribution in [3.8, 4) is 5.75 Å². The number of piperazine rings is 1. The lowest BCUT2D eigenvalue weighted by Crippen LogP contribution is -2.54. The van der Waals surface area contributed by atoms with Crippen molar-refractivity contribution in [3.63, 3.8) is 0 Å². The van der Waals surface area contributed by atoms with Crippen LogP contribution < -0.4 is 10.1 Å². The van der Waals surface area contributed by atoms with Gasteiger partial charge in [-0.15, -0.1) is 0 Å². The smallest absolute Gasteiger partial charge is 0.317 e. The molecule has 1 saturated heterocycles. The first kappa shape index (κ1) is 19.1. The number of hydrogen-bond donors (Lipinski definition) is 1. The minimum Gasteiger partial charge on any atom is -0.497 e. The van der Waals surface area contributed by atoms with Crippen LogP contribution in [0.5, 0.6) is 5.75 Å². The molecule has 25 heavy (non-hydrogen) atoms. The van der Waals surface area contributed by atoms with Crippen molar-refractivity contribution in [3.05, 3.63) is 29.8 Å². The topological polar surface area (TPSA) is 61.9 Å². The Morgan fingerprint density at radius 1 is 1.20 bits per heavy atom. The largest absolute Gasteiger partial charge is 0.497 e. The fourth-order valence-electron chi connectivity index (χ4n) is 2.92. The van der Waals surface area contributed by atoms with Gasteiger partial charge < -0.3 is 19.9 Å². The molecule has 0 aliphatic carbocycles. The summed E-state index contributed by atoms with van der Waals surface area (Å²) in [5.74, 6) is 1.28. The number of benzene rings is 1. The molecule has 138 valence electrons. The van der Waals surface area contributed by atoms with Crippen molar-refractivity contribution < 1.29 is 14.3 Å². The first-order valence-corrected chi connectivity index (χ1v) is 9.00. The summed E-state index contributed by atoms with van der Waals surface area (Å²) in [6.45, 7) is 6.76. The first-order chi connectivity index (χ1) is 12.1. The molecule has 6 heteroatoms. The number of nitrogens with zero attached hydrogens (tertiary/aromatic N) is 2. The molecule has 0 radical (unpaired) electrons. The van der Waals surface area contributed by atoms with Gasteiger partial charge in [0.15, 0.2) is 0 Å². The zero-order chi connectivity index (χ0) is 18.2. The molecule has 0 aromatic heterocycles. The summed E-state index contributed by atoms with van der Waals surface area (Å²) >= 11 is 0. The van der Waals surface area contributed by atoms with E-state index in [4.69, 9.17) is 4.74 Å². The Morgan fingerprint density at radius 2 is 1.88 bits per heavy atom. The van der Waals surface area contributed by atoms with Gasteiger partial charge in [-0.3, -0.25) is 4.79 Å². The fraction of sp³-hybridized carbons (Fsp3) is 0.579. The van der Waals surface area contributed by atoms with Gasteiger partial charge in [0.1, 0.15) is 12.3 Å². The lowest BCUT2D eigenvalue weighted by Gasteiger charge is -2.34. The number of carbonyl (C=O) groups is 2. The van der Waals surface area contributed by atoms with E-state index < -0.39 is 0 Å². The normalized spacial score (nSPS) is 14.8. The van der Waals surface area contributed by atoms with Crippen molar-refractivity contribution in [2.75, 3.05) is 33.3 Å². The van der Waals surface area contributed by atoms with Crippen molar-refractivity contribution in [2.24, 2.45) is 5.92 Å². The molecule has 0 bridgehead atoms. The number of ether oxygens (including phenoxy) is 1. The predicted molar refractivity (Wildman–Crippen MR) is 97.5 cm³/mol. The minimum absolute atomic E-state index is 0.0141. The van der Waals surface area contributed by atoms with Crippen molar-refractivity contribution in [1.29, 1.82) is 0 Å². The number of carbonyl (C=O) groups excluding carboxylic acids is 2. The van der Waals surface area contributed by atoms with E-state index in [1.165, 1.54) is 0 Å². The van der Waals surface area contributed by atoms with Crippen LogP contribution >= 0.6 is 0 Å². The Balaban J connectivity index is 1.82. The molecule has 1 heterocycles. The maximum atomic E-state index is 12.4. The molecule has 0 spiro atoms. The molecule has 6 nitrogen and oxygen atoms in total. The van der Waals surface area contributed by atoms with E-state index in [1.54, 1.807) is 16.9 Å². The summed E-state index contributed by atoms with van der Waals surface area (Å²) in [5.41, 5.74) is 1.06. The third kappa shape index (κ3) is 5.37. The quantitative estimate of drug-likeness (QED) is 0.824. The molecule has 1 aromatic rings. The second-order valence-corrected chi connectivity index (χ2v) is 6.45. The van der Waals surface area contributed by atoms with Crippen LogP contribution in [-0.4, -0.2) is 55.0 Å². The van der Waals surface area contributed by atoms with E-state index in [1.807, 2.05) is 24.3 Å². The average Bonchev–Trinajstić information content (AvgIpc) is 2.64. The van der Waals surface area contributed by atoms with Gasteiger partial charge in [0.2, 0.25) is 5.91 Å². The van der Waals surface area contributed by atoms with Crippen LogP contribution in [0.15, 0.2) is 24.3 Å². The third-order valence-electron chi connectivity index (χ3n) is 4.84. The Morgan fingerprint density at radius 3 is 2.44 bits per heavy atom. The standard InChI is InChI=1S/C19H29N3O3/c1-4-15(5-2)12-20-19(24)22-11-10-21(18(23)14-22)13-16-6-8-17(25-3)9-7-16/h6-9,15H,4-5,10-14H2,1-3H3,(H,20,24). The number of hydrogen-bond acceptors (Lipinski definition) is 3. The molecular formula is C19H29N3O3. The van der Waals surface area contributed by atoms with Gasteiger partial charge in [-0.05, 0) is 23.6 Å². The highest BCUT2D eigenvalue weighted by molar-refractivity contribution is 5.85. The van der Waals surface area contributed by atoms with Gasteiger partial charge in [-0.25, -0.2) is 4.79 Å². The Bertz CT molecular complexity index is 570. The lowest BCUT2D eigenvalue weighted by molar-refractivity contribution is -0.135. The molecule has 1 N–H and O–H groups in total. The van der Waals surface area contributed by atoms with E-state index in [0.717, 1.165) is 24.2 Å². The van der Waals surface area contributed by atoms with Crippen LogP contribution in [0.25, 0.3) is 0 Å². The molecule has 3 amide bonds. The van der Waals surface area contributed by atoms with E-state index >= 15 is 0 Å². The van der Waals surface area contributed by atoms with Gasteiger partial charge in [-0.2, -0.15) is 0 Å². The SMILES string of the molecule is CCC(CC)CNC(=O)N1CCN(Cc2ccc(OC)cc2)C(=O)C1. The van der Waals surface area contributed by atoms with E-state index in [9.17, 15) is 9.59 Å². The summed E-state index contributed by atoms with van der Waals surface area (Å²) in [7, 11) is 1.63. The predicted octanol–water partition coefficient (Wildman–Crippen LogP) is 2.49. The van der Waals surface area contributed by atoms with Crippen LogP contribution in [0.1, 0.15) is 32.3 Å². The molecule has 1 aliphatic rings. The number of urea groups is 1. The molecule has 0 atom stereocenters. The second-order valence-electron chi connectivity index (χ2n) is 6.45. The van der Waals surface area contributed by atoms with Crippen LogP contribution in [0.2, 0.25) is 0 Å². The minimum atomic E-state index is -0.135.